The predicted molar refractivity (Wildman–Crippen MR) is 129 cm³/mol. The van der Waals surface area contributed by atoms with Gasteiger partial charge in [0.05, 0.1) is 37.2 Å². The van der Waals surface area contributed by atoms with Crippen molar-refractivity contribution >= 4 is 39.1 Å². The second kappa shape index (κ2) is 8.33. The number of pyridine rings is 1. The van der Waals surface area contributed by atoms with Gasteiger partial charge in [0.1, 0.15) is 15.2 Å². The number of rotatable bonds is 3. The number of anilines is 2. The molecule has 5 heterocycles. The first kappa shape index (κ1) is 22.5. The van der Waals surface area contributed by atoms with E-state index < -0.39 is 11.6 Å². The Hall–Kier alpha value is -2.93. The molecule has 1 amide bonds. The van der Waals surface area contributed by atoms with Gasteiger partial charge >= 0.3 is 0 Å². The van der Waals surface area contributed by atoms with E-state index in [1.54, 1.807) is 11.1 Å². The van der Waals surface area contributed by atoms with Crippen molar-refractivity contribution in [2.45, 2.75) is 44.1 Å². The number of thiophene rings is 1. The van der Waals surface area contributed by atoms with E-state index in [1.165, 1.54) is 17.4 Å². The molecular formula is C23H26FN7O3S. The van der Waals surface area contributed by atoms with Crippen LogP contribution in [0.2, 0.25) is 0 Å². The molecule has 35 heavy (non-hydrogen) atoms. The van der Waals surface area contributed by atoms with Gasteiger partial charge in [0, 0.05) is 24.5 Å². The number of aromatic nitrogens is 3. The minimum absolute atomic E-state index is 0.155. The van der Waals surface area contributed by atoms with E-state index in [0.29, 0.717) is 66.5 Å². The molecule has 2 saturated heterocycles. The van der Waals surface area contributed by atoms with E-state index in [9.17, 15) is 4.79 Å². The molecule has 1 aliphatic carbocycles. The van der Waals surface area contributed by atoms with Crippen molar-refractivity contribution in [2.24, 2.45) is 5.73 Å². The molecule has 3 aliphatic rings. The number of nitrogen functional groups attached to an aromatic ring is 1. The van der Waals surface area contributed by atoms with Crippen LogP contribution in [0.3, 0.4) is 0 Å². The van der Waals surface area contributed by atoms with Crippen molar-refractivity contribution in [1.29, 1.82) is 0 Å². The Kier molecular flexibility index (Phi) is 5.36. The molecule has 184 valence electrons. The van der Waals surface area contributed by atoms with Gasteiger partial charge in [-0.3, -0.25) is 4.79 Å². The van der Waals surface area contributed by atoms with E-state index in [0.717, 1.165) is 17.0 Å². The van der Waals surface area contributed by atoms with Gasteiger partial charge in [-0.1, -0.05) is 0 Å². The fourth-order valence-electron chi connectivity index (χ4n) is 5.12. The summed E-state index contributed by atoms with van der Waals surface area (Å²) >= 11 is 1.23. The normalized spacial score (nSPS) is 23.2. The zero-order chi connectivity index (χ0) is 24.3. The van der Waals surface area contributed by atoms with E-state index in [2.05, 4.69) is 20.3 Å². The Morgan fingerprint density at radius 1 is 1.34 bits per heavy atom. The maximum atomic E-state index is 15.1. The van der Waals surface area contributed by atoms with E-state index in [4.69, 9.17) is 20.9 Å². The lowest BCUT2D eigenvalue weighted by molar-refractivity contribution is -0.147. The van der Waals surface area contributed by atoms with Gasteiger partial charge in [-0.15, -0.1) is 11.3 Å². The van der Waals surface area contributed by atoms with Crippen LogP contribution in [0.4, 0.5) is 15.9 Å². The molecule has 3 aromatic rings. The van der Waals surface area contributed by atoms with Gasteiger partial charge in [0.15, 0.2) is 11.6 Å². The maximum absolute atomic E-state index is 15.1. The summed E-state index contributed by atoms with van der Waals surface area (Å²) in [6.07, 6.45) is 3.43. The van der Waals surface area contributed by atoms with Crippen LogP contribution in [0, 0.1) is 12.7 Å². The number of nitrogens with one attached hydrogen (secondary N) is 1. The van der Waals surface area contributed by atoms with Crippen molar-refractivity contribution < 1.29 is 18.7 Å². The third kappa shape index (κ3) is 3.80. The molecule has 2 unspecified atom stereocenters. The number of fused-ring (bicyclic) bond motifs is 2. The van der Waals surface area contributed by atoms with Crippen LogP contribution in [0.15, 0.2) is 12.3 Å². The SMILES string of the molecule is Cc1cnc2c(N)c(C(=O)NC3CCc4nc(N5CC(N)C6(C5)OCCO6)c(F)cc4C3)sc2n1. The lowest BCUT2D eigenvalue weighted by Crippen LogP contribution is -2.47. The molecule has 3 aromatic heterocycles. The first-order valence-electron chi connectivity index (χ1n) is 11.6. The zero-order valence-electron chi connectivity index (χ0n) is 19.2. The summed E-state index contributed by atoms with van der Waals surface area (Å²) in [6.45, 7) is 3.55. The summed E-state index contributed by atoms with van der Waals surface area (Å²) in [5.74, 6) is -1.31. The highest BCUT2D eigenvalue weighted by Gasteiger charge is 2.50. The molecule has 2 aliphatic heterocycles. The third-order valence-corrected chi connectivity index (χ3v) is 7.98. The van der Waals surface area contributed by atoms with Crippen LogP contribution in [0.25, 0.3) is 10.3 Å². The quantitative estimate of drug-likeness (QED) is 0.486. The molecule has 0 radical (unpaired) electrons. The molecule has 0 bridgehead atoms. The summed E-state index contributed by atoms with van der Waals surface area (Å²) < 4.78 is 26.6. The van der Waals surface area contributed by atoms with Crippen molar-refractivity contribution in [3.63, 3.8) is 0 Å². The number of hydrogen-bond donors (Lipinski definition) is 3. The number of halogens is 1. The molecule has 2 fully saturated rings. The molecule has 0 aromatic carbocycles. The predicted octanol–water partition coefficient (Wildman–Crippen LogP) is 1.29. The Morgan fingerprint density at radius 2 is 2.14 bits per heavy atom. The van der Waals surface area contributed by atoms with Crippen molar-refractivity contribution in [3.05, 3.63) is 39.9 Å². The standard InChI is InChI=1S/C23H26FN7O3S/c1-11-8-27-18-17(26)19(35-22(18)28-11)21(32)29-13-2-3-15-12(6-13)7-14(24)20(30-15)31-9-16(25)23(10-31)33-4-5-34-23/h7-8,13,16H,2-6,9-10,25-26H2,1H3,(H,29,32). The number of nitrogens with two attached hydrogens (primary N) is 2. The molecule has 5 N–H and O–H groups in total. The van der Waals surface area contributed by atoms with Gasteiger partial charge in [-0.2, -0.15) is 0 Å². The van der Waals surface area contributed by atoms with Crippen LogP contribution in [-0.4, -0.2) is 65.0 Å². The number of ether oxygens (including phenoxy) is 2. The second-order valence-electron chi connectivity index (χ2n) is 9.32. The average molecular weight is 500 g/mol. The van der Waals surface area contributed by atoms with Crippen LogP contribution in [-0.2, 0) is 22.3 Å². The number of carbonyl (C=O) groups excluding carboxylic acids is 1. The summed E-state index contributed by atoms with van der Waals surface area (Å²) in [5.41, 5.74) is 15.7. The molecule has 12 heteroatoms. The molecule has 6 rings (SSSR count). The monoisotopic (exact) mass is 499 g/mol. The van der Waals surface area contributed by atoms with Crippen LogP contribution < -0.4 is 21.7 Å². The van der Waals surface area contributed by atoms with Gasteiger partial charge in [0.25, 0.3) is 5.91 Å². The average Bonchev–Trinajstić information content (AvgIpc) is 3.52. The largest absolute Gasteiger partial charge is 0.396 e. The van der Waals surface area contributed by atoms with E-state index in [-0.39, 0.29) is 23.8 Å². The van der Waals surface area contributed by atoms with E-state index in [1.807, 2.05) is 6.92 Å². The highest BCUT2D eigenvalue weighted by molar-refractivity contribution is 7.21. The van der Waals surface area contributed by atoms with Crippen molar-refractivity contribution in [3.8, 4) is 0 Å². The highest BCUT2D eigenvalue weighted by atomic mass is 32.1. The van der Waals surface area contributed by atoms with Gasteiger partial charge in [0.2, 0.25) is 5.79 Å². The van der Waals surface area contributed by atoms with Crippen molar-refractivity contribution in [1.82, 2.24) is 20.3 Å². The molecule has 0 saturated carbocycles. The fraction of sp³-hybridized carbons (Fsp3) is 0.478. The summed E-state index contributed by atoms with van der Waals surface area (Å²) in [7, 11) is 0. The summed E-state index contributed by atoms with van der Waals surface area (Å²) in [5, 5.41) is 3.05. The van der Waals surface area contributed by atoms with Gasteiger partial charge in [-0.05, 0) is 37.8 Å². The second-order valence-corrected chi connectivity index (χ2v) is 10.3. The minimum atomic E-state index is -0.891. The Labute approximate surface area is 204 Å². The molecule has 1 spiro atoms. The van der Waals surface area contributed by atoms with Gasteiger partial charge < -0.3 is 31.2 Å². The number of nitrogens with zero attached hydrogens (tertiary/aromatic N) is 4. The van der Waals surface area contributed by atoms with Gasteiger partial charge in [-0.25, -0.2) is 19.3 Å². The minimum Gasteiger partial charge on any atom is -0.396 e. The van der Waals surface area contributed by atoms with Crippen molar-refractivity contribution in [2.75, 3.05) is 36.9 Å². The molecule has 10 nitrogen and oxygen atoms in total. The van der Waals surface area contributed by atoms with E-state index >= 15 is 4.39 Å². The fourth-order valence-corrected chi connectivity index (χ4v) is 6.12. The lowest BCUT2D eigenvalue weighted by atomic mass is 9.91. The summed E-state index contributed by atoms with van der Waals surface area (Å²) in [4.78, 5) is 29.2. The molecule has 2 atom stereocenters. The first-order chi connectivity index (χ1) is 16.8. The Morgan fingerprint density at radius 3 is 2.94 bits per heavy atom. The number of amides is 1. The molecular weight excluding hydrogens is 473 g/mol. The van der Waals surface area contributed by atoms with Crippen LogP contribution in [0.5, 0.6) is 0 Å². The lowest BCUT2D eigenvalue weighted by Gasteiger charge is -2.27. The van der Waals surface area contributed by atoms with Crippen LogP contribution >= 0.6 is 11.3 Å². The van der Waals surface area contributed by atoms with Crippen LogP contribution in [0.1, 0.15) is 33.0 Å². The maximum Gasteiger partial charge on any atom is 0.263 e. The Balaban J connectivity index is 1.18. The highest BCUT2D eigenvalue weighted by Crippen LogP contribution is 2.35. The number of hydrogen-bond acceptors (Lipinski definition) is 10. The zero-order valence-corrected chi connectivity index (χ0v) is 20.0. The topological polar surface area (TPSA) is 142 Å². The number of aryl methyl sites for hydroxylation is 2. The number of carbonyl (C=O) groups is 1. The summed E-state index contributed by atoms with van der Waals surface area (Å²) in [6, 6.07) is 0.989. The third-order valence-electron chi connectivity index (χ3n) is 6.89. The Bertz CT molecular complexity index is 1330. The smallest absolute Gasteiger partial charge is 0.263 e. The first-order valence-corrected chi connectivity index (χ1v) is 12.4.